The smallest absolute Gasteiger partial charge is 0.186 e. The molecule has 2 rings (SSSR count). The molecule has 0 unspecified atom stereocenters. The third kappa shape index (κ3) is 16.3. The molecule has 0 radical (unpaired) electrons. The molecule has 2 saturated carbocycles. The van der Waals surface area contributed by atoms with Gasteiger partial charge in [0.2, 0.25) is 0 Å². The van der Waals surface area contributed by atoms with Gasteiger partial charge in [0, 0.05) is 0 Å². The van der Waals surface area contributed by atoms with E-state index in [9.17, 15) is 0 Å². The number of allylic oxidation sites excluding steroid dienone is 2. The Hall–Kier alpha value is -1.76. The molecule has 0 saturated heterocycles. The fourth-order valence-corrected chi connectivity index (χ4v) is 2.96. The van der Waals surface area contributed by atoms with Gasteiger partial charge in [0.15, 0.2) is 0 Å². The van der Waals surface area contributed by atoms with Gasteiger partial charge in [0.1, 0.15) is 0 Å². The summed E-state index contributed by atoms with van der Waals surface area (Å²) in [5.41, 5.74) is 0. The monoisotopic (exact) mass is 308 g/mol. The Morgan fingerprint density at radius 3 is 1.09 bits per heavy atom. The van der Waals surface area contributed by atoms with Crippen LogP contribution in [0.5, 0.6) is 0 Å². The maximum atomic E-state index is 8.12. The number of rotatable bonds is 4. The highest BCUT2D eigenvalue weighted by Gasteiger charge is 2.12. The van der Waals surface area contributed by atoms with Crippen LogP contribution in [-0.4, -0.2) is 12.3 Å². The third-order valence-corrected chi connectivity index (χ3v) is 3.95. The van der Waals surface area contributed by atoms with Gasteiger partial charge >= 0.3 is 12.3 Å². The van der Waals surface area contributed by atoms with Crippen molar-refractivity contribution < 1.29 is 19.2 Å². The molecule has 0 spiro atoms. The summed E-state index contributed by atoms with van der Waals surface area (Å²) < 4.78 is 0. The maximum Gasteiger partial charge on any atom is 0.373 e. The predicted octanol–water partition coefficient (Wildman–Crippen LogP) is 4.34. The second-order valence-corrected chi connectivity index (χ2v) is 5.52. The SMILES string of the molecule is C=CCC1CCCC1.C=CCC1CCCC1.O=C=O.O=C=O. The van der Waals surface area contributed by atoms with Crippen molar-refractivity contribution in [2.24, 2.45) is 11.8 Å². The van der Waals surface area contributed by atoms with Crippen molar-refractivity contribution >= 4 is 12.3 Å². The Balaban J connectivity index is 0. The van der Waals surface area contributed by atoms with Crippen LogP contribution in [0.3, 0.4) is 0 Å². The molecule has 0 heterocycles. The Bertz CT molecular complexity index is 291. The zero-order chi connectivity index (χ0) is 17.1. The van der Waals surface area contributed by atoms with Gasteiger partial charge in [-0.05, 0) is 24.7 Å². The van der Waals surface area contributed by atoms with E-state index >= 15 is 0 Å². The van der Waals surface area contributed by atoms with Gasteiger partial charge in [-0.25, -0.2) is 0 Å². The van der Waals surface area contributed by atoms with E-state index in [1.54, 1.807) is 0 Å². The van der Waals surface area contributed by atoms with Gasteiger partial charge in [-0.1, -0.05) is 63.5 Å². The van der Waals surface area contributed by atoms with Crippen LogP contribution in [-0.2, 0) is 19.2 Å². The van der Waals surface area contributed by atoms with Crippen molar-refractivity contribution in [3.63, 3.8) is 0 Å². The first-order chi connectivity index (χ1) is 10.7. The van der Waals surface area contributed by atoms with Crippen molar-refractivity contribution in [1.29, 1.82) is 0 Å². The maximum absolute atomic E-state index is 8.12. The van der Waals surface area contributed by atoms with E-state index in [4.69, 9.17) is 19.2 Å². The summed E-state index contributed by atoms with van der Waals surface area (Å²) in [5.74, 6) is 1.99. The summed E-state index contributed by atoms with van der Waals surface area (Å²) in [6.45, 7) is 7.45. The minimum absolute atomic E-state index is 0.250. The first kappa shape index (κ1) is 22.5. The summed E-state index contributed by atoms with van der Waals surface area (Å²) in [6, 6.07) is 0. The summed E-state index contributed by atoms with van der Waals surface area (Å²) in [4.78, 5) is 32.5. The van der Waals surface area contributed by atoms with Gasteiger partial charge in [-0.3, -0.25) is 0 Å². The lowest BCUT2D eigenvalue weighted by atomic mass is 10.1. The van der Waals surface area contributed by atoms with Crippen molar-refractivity contribution in [1.82, 2.24) is 0 Å². The average Bonchev–Trinajstić information content (AvgIpc) is 3.16. The molecule has 0 amide bonds. The van der Waals surface area contributed by atoms with Crippen molar-refractivity contribution in [2.75, 3.05) is 0 Å². The summed E-state index contributed by atoms with van der Waals surface area (Å²) >= 11 is 0. The average molecular weight is 308 g/mol. The molecule has 4 heteroatoms. The summed E-state index contributed by atoms with van der Waals surface area (Å²) in [5, 5.41) is 0. The number of hydrogen-bond acceptors (Lipinski definition) is 4. The molecule has 0 N–H and O–H groups in total. The van der Waals surface area contributed by atoms with E-state index in [1.807, 2.05) is 0 Å². The highest BCUT2D eigenvalue weighted by Crippen LogP contribution is 2.27. The third-order valence-electron chi connectivity index (χ3n) is 3.95. The number of carbonyl (C=O) groups excluding carboxylic acids is 4. The predicted molar refractivity (Wildman–Crippen MR) is 83.6 cm³/mol. The van der Waals surface area contributed by atoms with Crippen LogP contribution in [0.15, 0.2) is 25.3 Å². The second kappa shape index (κ2) is 19.2. The highest BCUT2D eigenvalue weighted by atomic mass is 16.2. The molecule has 2 aliphatic carbocycles. The van der Waals surface area contributed by atoms with E-state index in [0.29, 0.717) is 0 Å². The van der Waals surface area contributed by atoms with Gasteiger partial charge < -0.3 is 0 Å². The quantitative estimate of drug-likeness (QED) is 0.724. The minimum Gasteiger partial charge on any atom is -0.186 e. The zero-order valence-electron chi connectivity index (χ0n) is 13.4. The molecule has 2 aliphatic rings. The first-order valence-corrected chi connectivity index (χ1v) is 7.90. The molecule has 22 heavy (non-hydrogen) atoms. The van der Waals surface area contributed by atoms with Crippen LogP contribution in [0.4, 0.5) is 0 Å². The molecule has 0 aromatic rings. The fourth-order valence-electron chi connectivity index (χ4n) is 2.96. The van der Waals surface area contributed by atoms with Gasteiger partial charge in [0.25, 0.3) is 0 Å². The molecule has 0 atom stereocenters. The lowest BCUT2D eigenvalue weighted by Gasteiger charge is -2.00. The molecule has 0 bridgehead atoms. The molecular weight excluding hydrogens is 280 g/mol. The largest absolute Gasteiger partial charge is 0.373 e. The molecule has 124 valence electrons. The lowest BCUT2D eigenvalue weighted by molar-refractivity contribution is -0.193. The number of hydrogen-bond donors (Lipinski definition) is 0. The van der Waals surface area contributed by atoms with Crippen LogP contribution in [0.2, 0.25) is 0 Å². The molecular formula is C18H28O4. The second-order valence-electron chi connectivity index (χ2n) is 5.52. The van der Waals surface area contributed by atoms with Crippen molar-refractivity contribution in [2.45, 2.75) is 64.2 Å². The Labute approximate surface area is 133 Å². The standard InChI is InChI=1S/2C8H14.2CO2/c2*1-2-5-8-6-3-4-7-8;2*2-1-3/h2*2,8H,1,3-7H2;;. The molecule has 2 fully saturated rings. The van der Waals surface area contributed by atoms with E-state index in [0.717, 1.165) is 11.8 Å². The summed E-state index contributed by atoms with van der Waals surface area (Å²) in [6.07, 6.45) is 18.7. The molecule has 0 aliphatic heterocycles. The van der Waals surface area contributed by atoms with E-state index in [-0.39, 0.29) is 12.3 Å². The summed E-state index contributed by atoms with van der Waals surface area (Å²) in [7, 11) is 0. The zero-order valence-corrected chi connectivity index (χ0v) is 13.4. The van der Waals surface area contributed by atoms with Crippen LogP contribution >= 0.6 is 0 Å². The van der Waals surface area contributed by atoms with E-state index in [2.05, 4.69) is 25.3 Å². The fraction of sp³-hybridized carbons (Fsp3) is 0.667. The minimum atomic E-state index is 0.250. The van der Waals surface area contributed by atoms with Gasteiger partial charge in [-0.15, -0.1) is 13.2 Å². The topological polar surface area (TPSA) is 68.3 Å². The van der Waals surface area contributed by atoms with E-state index < -0.39 is 0 Å². The van der Waals surface area contributed by atoms with E-state index in [1.165, 1.54) is 64.2 Å². The molecule has 0 aromatic carbocycles. The highest BCUT2D eigenvalue weighted by molar-refractivity contribution is 5.20. The molecule has 4 nitrogen and oxygen atoms in total. The normalized spacial score (nSPS) is 16.4. The lowest BCUT2D eigenvalue weighted by Crippen LogP contribution is -1.87. The molecule has 0 aromatic heterocycles. The Kier molecular flexibility index (Phi) is 19.7. The van der Waals surface area contributed by atoms with Crippen LogP contribution in [0.1, 0.15) is 64.2 Å². The Morgan fingerprint density at radius 2 is 0.909 bits per heavy atom. The van der Waals surface area contributed by atoms with Crippen LogP contribution < -0.4 is 0 Å². The van der Waals surface area contributed by atoms with Crippen LogP contribution in [0, 0.1) is 11.8 Å². The van der Waals surface area contributed by atoms with Gasteiger partial charge in [-0.2, -0.15) is 19.2 Å². The van der Waals surface area contributed by atoms with Gasteiger partial charge in [0.05, 0.1) is 0 Å². The van der Waals surface area contributed by atoms with Crippen LogP contribution in [0.25, 0.3) is 0 Å². The van der Waals surface area contributed by atoms with Crippen molar-refractivity contribution in [3.05, 3.63) is 25.3 Å². The Morgan fingerprint density at radius 1 is 0.682 bits per heavy atom. The first-order valence-electron chi connectivity index (χ1n) is 7.90. The van der Waals surface area contributed by atoms with Crippen molar-refractivity contribution in [3.8, 4) is 0 Å².